The van der Waals surface area contributed by atoms with E-state index >= 15 is 0 Å². The van der Waals surface area contributed by atoms with Crippen LogP contribution < -0.4 is 5.14 Å². The van der Waals surface area contributed by atoms with Gasteiger partial charge in [0.2, 0.25) is 5.82 Å². The van der Waals surface area contributed by atoms with Gasteiger partial charge in [0.25, 0.3) is 15.2 Å². The average Bonchev–Trinajstić information content (AvgIpc) is 2.67. The molecule has 0 bridgehead atoms. The van der Waals surface area contributed by atoms with Crippen LogP contribution in [0.1, 0.15) is 0 Å². The van der Waals surface area contributed by atoms with Crippen molar-refractivity contribution in [3.05, 3.63) is 24.1 Å². The third kappa shape index (κ3) is 2.04. The minimum absolute atomic E-state index is 0.0315. The Kier molecular flexibility index (Phi) is 2.40. The van der Waals surface area contributed by atoms with Gasteiger partial charge >= 0.3 is 0 Å². The summed E-state index contributed by atoms with van der Waals surface area (Å²) < 4.78 is 34.4. The summed E-state index contributed by atoms with van der Waals surface area (Å²) in [6.07, 6.45) is 0.975. The number of H-pyrrole nitrogens is 1. The fraction of sp³-hybridized carbons (Fsp3) is 0. The molecule has 0 radical (unpaired) electrons. The number of aromatic nitrogens is 4. The minimum Gasteiger partial charge on any atom is -0.250 e. The Labute approximate surface area is 89.6 Å². The molecule has 0 aliphatic carbocycles. The number of sulfonamides is 1. The minimum atomic E-state index is -3.93. The molecule has 0 aromatic carbocycles. The molecule has 0 saturated heterocycles. The first-order valence-electron chi connectivity index (χ1n) is 4.04. The second-order valence-corrected chi connectivity index (χ2v) is 4.35. The monoisotopic (exact) mass is 243 g/mol. The Hall–Kier alpha value is -1.87. The van der Waals surface area contributed by atoms with Crippen LogP contribution in [0, 0.1) is 5.82 Å². The third-order valence-electron chi connectivity index (χ3n) is 1.69. The molecule has 84 valence electrons. The molecule has 2 aromatic rings. The van der Waals surface area contributed by atoms with Gasteiger partial charge in [-0.25, -0.2) is 28.0 Å². The first-order chi connectivity index (χ1) is 7.47. The van der Waals surface area contributed by atoms with Crippen LogP contribution in [0.5, 0.6) is 0 Å². The number of hydrogen-bond acceptors (Lipinski definition) is 5. The Morgan fingerprint density at radius 1 is 1.38 bits per heavy atom. The predicted octanol–water partition coefficient (Wildman–Crippen LogP) is -0.347. The molecule has 7 nitrogen and oxygen atoms in total. The van der Waals surface area contributed by atoms with E-state index < -0.39 is 21.0 Å². The number of rotatable bonds is 2. The molecule has 3 N–H and O–H groups in total. The van der Waals surface area contributed by atoms with Gasteiger partial charge in [-0.1, -0.05) is 0 Å². The molecule has 2 rings (SSSR count). The first-order valence-corrected chi connectivity index (χ1v) is 5.58. The third-order valence-corrected chi connectivity index (χ3v) is 2.41. The van der Waals surface area contributed by atoms with E-state index in [-0.39, 0.29) is 11.5 Å². The maximum atomic E-state index is 12.6. The number of halogens is 1. The maximum absolute atomic E-state index is 12.6. The average molecular weight is 243 g/mol. The van der Waals surface area contributed by atoms with Gasteiger partial charge in [0.05, 0.1) is 6.20 Å². The Morgan fingerprint density at radius 2 is 2.12 bits per heavy atom. The van der Waals surface area contributed by atoms with Crippen molar-refractivity contribution in [3.8, 4) is 11.5 Å². The van der Waals surface area contributed by atoms with Crippen LogP contribution >= 0.6 is 0 Å². The van der Waals surface area contributed by atoms with Gasteiger partial charge in [-0.3, -0.25) is 0 Å². The standard InChI is InChI=1S/C7H6FN5O2S/c8-4-1-2-5(10-3-4)6-11-7(13-12-6)16(9,14)15/h1-3H,(H2,9,14,15)(H,11,12,13). The van der Waals surface area contributed by atoms with Gasteiger partial charge in [0.15, 0.2) is 0 Å². The van der Waals surface area contributed by atoms with Crippen molar-refractivity contribution in [1.29, 1.82) is 0 Å². The van der Waals surface area contributed by atoms with Crippen molar-refractivity contribution < 1.29 is 12.8 Å². The molecule has 0 aliphatic heterocycles. The highest BCUT2D eigenvalue weighted by atomic mass is 32.2. The summed E-state index contributed by atoms with van der Waals surface area (Å²) in [6.45, 7) is 0. The molecule has 0 aliphatic rings. The first kappa shape index (κ1) is 10.6. The van der Waals surface area contributed by atoms with E-state index in [2.05, 4.69) is 20.2 Å². The van der Waals surface area contributed by atoms with E-state index in [1.165, 1.54) is 6.07 Å². The number of hydrogen-bond donors (Lipinski definition) is 2. The quantitative estimate of drug-likeness (QED) is 0.748. The van der Waals surface area contributed by atoms with Crippen LogP contribution in [0.3, 0.4) is 0 Å². The number of nitrogens with two attached hydrogens (primary N) is 1. The lowest BCUT2D eigenvalue weighted by atomic mass is 10.3. The van der Waals surface area contributed by atoms with Gasteiger partial charge in [-0.15, -0.1) is 0 Å². The summed E-state index contributed by atoms with van der Waals surface area (Å²) >= 11 is 0. The van der Waals surface area contributed by atoms with Gasteiger partial charge in [-0.2, -0.15) is 10.1 Å². The molecular formula is C7H6FN5O2S. The number of primary sulfonamides is 1. The Morgan fingerprint density at radius 3 is 2.62 bits per heavy atom. The van der Waals surface area contributed by atoms with E-state index in [0.717, 1.165) is 12.3 Å². The summed E-state index contributed by atoms with van der Waals surface area (Å²) in [5.41, 5.74) is 0.243. The summed E-state index contributed by atoms with van der Waals surface area (Å²) in [4.78, 5) is 7.31. The summed E-state index contributed by atoms with van der Waals surface area (Å²) in [6, 6.07) is 2.49. The summed E-state index contributed by atoms with van der Waals surface area (Å²) in [7, 11) is -3.93. The van der Waals surface area contributed by atoms with Crippen LogP contribution in [0.25, 0.3) is 11.5 Å². The molecule has 2 aromatic heterocycles. The summed E-state index contributed by atoms with van der Waals surface area (Å²) in [5, 5.41) is 10.1. The zero-order chi connectivity index (χ0) is 11.8. The maximum Gasteiger partial charge on any atom is 0.273 e. The lowest BCUT2D eigenvalue weighted by Crippen LogP contribution is -2.13. The highest BCUT2D eigenvalue weighted by Crippen LogP contribution is 2.12. The van der Waals surface area contributed by atoms with Crippen molar-refractivity contribution in [2.75, 3.05) is 0 Å². The smallest absolute Gasteiger partial charge is 0.250 e. The fourth-order valence-corrected chi connectivity index (χ4v) is 1.38. The Balaban J connectivity index is 2.43. The van der Waals surface area contributed by atoms with Crippen LogP contribution in [0.2, 0.25) is 0 Å². The van der Waals surface area contributed by atoms with Gasteiger partial charge in [0.1, 0.15) is 11.5 Å². The number of aromatic amines is 1. The van der Waals surface area contributed by atoms with Gasteiger partial charge < -0.3 is 0 Å². The zero-order valence-electron chi connectivity index (χ0n) is 7.75. The number of pyridine rings is 1. The van der Waals surface area contributed by atoms with Crippen LogP contribution in [0.15, 0.2) is 23.5 Å². The molecule has 16 heavy (non-hydrogen) atoms. The van der Waals surface area contributed by atoms with Crippen molar-refractivity contribution >= 4 is 10.0 Å². The predicted molar refractivity (Wildman–Crippen MR) is 50.9 cm³/mol. The van der Waals surface area contributed by atoms with Crippen LogP contribution in [-0.4, -0.2) is 28.6 Å². The molecule has 0 spiro atoms. The highest BCUT2D eigenvalue weighted by molar-refractivity contribution is 7.89. The lowest BCUT2D eigenvalue weighted by molar-refractivity contribution is 0.589. The van der Waals surface area contributed by atoms with Crippen LogP contribution in [0.4, 0.5) is 4.39 Å². The second kappa shape index (κ2) is 3.61. The Bertz CT molecular complexity index is 606. The molecule has 0 saturated carbocycles. The lowest BCUT2D eigenvalue weighted by Gasteiger charge is -1.92. The highest BCUT2D eigenvalue weighted by Gasteiger charge is 2.15. The molecular weight excluding hydrogens is 237 g/mol. The molecule has 0 fully saturated rings. The van der Waals surface area contributed by atoms with Crippen LogP contribution in [-0.2, 0) is 10.0 Å². The molecule has 0 atom stereocenters. The van der Waals surface area contributed by atoms with E-state index in [4.69, 9.17) is 5.14 Å². The van der Waals surface area contributed by atoms with Crippen molar-refractivity contribution in [3.63, 3.8) is 0 Å². The van der Waals surface area contributed by atoms with Crippen molar-refractivity contribution in [1.82, 2.24) is 20.2 Å². The van der Waals surface area contributed by atoms with E-state index in [0.29, 0.717) is 0 Å². The fourth-order valence-electron chi connectivity index (χ4n) is 0.997. The number of nitrogens with zero attached hydrogens (tertiary/aromatic N) is 3. The van der Waals surface area contributed by atoms with E-state index in [9.17, 15) is 12.8 Å². The molecule has 2 heterocycles. The van der Waals surface area contributed by atoms with Gasteiger partial charge in [0, 0.05) is 0 Å². The van der Waals surface area contributed by atoms with Gasteiger partial charge in [-0.05, 0) is 12.1 Å². The van der Waals surface area contributed by atoms with Crippen molar-refractivity contribution in [2.45, 2.75) is 5.16 Å². The zero-order valence-corrected chi connectivity index (χ0v) is 8.57. The van der Waals surface area contributed by atoms with Crippen molar-refractivity contribution in [2.24, 2.45) is 5.14 Å². The molecule has 0 unspecified atom stereocenters. The second-order valence-electron chi connectivity index (χ2n) is 2.87. The van der Waals surface area contributed by atoms with E-state index in [1.54, 1.807) is 0 Å². The molecule has 0 amide bonds. The SMILES string of the molecule is NS(=O)(=O)c1nc(-c2ccc(F)cn2)n[nH]1. The number of nitrogens with one attached hydrogen (secondary N) is 1. The topological polar surface area (TPSA) is 115 Å². The molecule has 9 heteroatoms. The normalized spacial score (nSPS) is 11.6. The van der Waals surface area contributed by atoms with E-state index in [1.807, 2.05) is 0 Å². The summed E-state index contributed by atoms with van der Waals surface area (Å²) in [5.74, 6) is -0.477. The largest absolute Gasteiger partial charge is 0.273 e.